The minimum absolute atomic E-state index is 0.204. The molecule has 2 aromatic carbocycles. The van der Waals surface area contributed by atoms with Crippen LogP contribution in [0.15, 0.2) is 49.0 Å². The highest BCUT2D eigenvalue weighted by atomic mass is 31.2. The molecule has 0 fully saturated rings. The Morgan fingerprint density at radius 3 is 2.27 bits per heavy atom. The molecule has 0 atom stereocenters. The molecular formula is C27H34NO4P. The molecule has 5 nitrogen and oxygen atoms in total. The van der Waals surface area contributed by atoms with Crippen LogP contribution in [0.4, 0.5) is 0 Å². The van der Waals surface area contributed by atoms with Gasteiger partial charge >= 0.3 is 5.97 Å². The van der Waals surface area contributed by atoms with Crippen LogP contribution in [0.1, 0.15) is 40.8 Å². The van der Waals surface area contributed by atoms with Gasteiger partial charge in [-0.15, -0.1) is 0 Å². The maximum Gasteiger partial charge on any atom is 0.310 e. The van der Waals surface area contributed by atoms with E-state index in [2.05, 4.69) is 67.5 Å². The first-order valence-corrected chi connectivity index (χ1v) is 13.8. The SMILES string of the molecule is C=C(c1ccc(C)cc1)n1c(C)c(CC(=O)OCCCCOP(C)(C)=O)c2cc(C)ccc21. The zero-order valence-electron chi connectivity index (χ0n) is 20.3. The first-order valence-electron chi connectivity index (χ1n) is 11.3. The number of aromatic nitrogens is 1. The Morgan fingerprint density at radius 1 is 0.970 bits per heavy atom. The standard InChI is InChI=1S/C27H34NO4P/c1-19-9-12-23(13-10-19)21(3)28-22(4)24(25-17-20(2)11-14-26(25)28)18-27(29)31-15-7-8-16-32-33(5,6)30/h9-14,17H,3,7-8,15-16,18H2,1-2,4-6H3. The molecule has 176 valence electrons. The maximum atomic E-state index is 12.6. The van der Waals surface area contributed by atoms with Gasteiger partial charge in [-0.05, 0) is 56.9 Å². The molecule has 0 N–H and O–H groups in total. The highest BCUT2D eigenvalue weighted by Crippen LogP contribution is 2.37. The van der Waals surface area contributed by atoms with Gasteiger partial charge in [0.05, 0.1) is 25.2 Å². The van der Waals surface area contributed by atoms with E-state index in [1.54, 1.807) is 13.3 Å². The van der Waals surface area contributed by atoms with Crippen LogP contribution >= 0.6 is 7.37 Å². The lowest BCUT2D eigenvalue weighted by atomic mass is 10.1. The van der Waals surface area contributed by atoms with E-state index in [-0.39, 0.29) is 12.4 Å². The van der Waals surface area contributed by atoms with Crippen molar-refractivity contribution in [2.24, 2.45) is 0 Å². The number of unbranched alkanes of at least 4 members (excludes halogenated alkanes) is 1. The van der Waals surface area contributed by atoms with Crippen molar-refractivity contribution in [3.8, 4) is 0 Å². The molecule has 0 amide bonds. The summed E-state index contributed by atoms with van der Waals surface area (Å²) in [6.07, 6.45) is 1.58. The minimum Gasteiger partial charge on any atom is -0.465 e. The molecule has 6 heteroatoms. The van der Waals surface area contributed by atoms with E-state index >= 15 is 0 Å². The van der Waals surface area contributed by atoms with Crippen LogP contribution in [0, 0.1) is 20.8 Å². The van der Waals surface area contributed by atoms with Gasteiger partial charge in [-0.2, -0.15) is 0 Å². The Hall–Kier alpha value is -2.62. The van der Waals surface area contributed by atoms with Gasteiger partial charge in [0.25, 0.3) is 0 Å². The molecule has 3 rings (SSSR count). The zero-order valence-corrected chi connectivity index (χ0v) is 21.2. The molecule has 0 aliphatic heterocycles. The number of fused-ring (bicyclic) bond motifs is 1. The number of hydrogen-bond acceptors (Lipinski definition) is 4. The third-order valence-corrected chi connectivity index (χ3v) is 6.47. The smallest absolute Gasteiger partial charge is 0.310 e. The van der Waals surface area contributed by atoms with Gasteiger partial charge in [-0.1, -0.05) is 48.0 Å². The second-order valence-corrected chi connectivity index (χ2v) is 11.7. The molecule has 1 aromatic heterocycles. The van der Waals surface area contributed by atoms with Crippen LogP contribution < -0.4 is 0 Å². The van der Waals surface area contributed by atoms with Crippen molar-refractivity contribution in [3.05, 3.63) is 77.0 Å². The molecule has 0 saturated heterocycles. The first-order chi connectivity index (χ1) is 15.6. The summed E-state index contributed by atoms with van der Waals surface area (Å²) in [5, 5.41) is 1.05. The Bertz CT molecular complexity index is 1200. The number of carbonyl (C=O) groups is 1. The van der Waals surface area contributed by atoms with Crippen molar-refractivity contribution < 1.29 is 18.6 Å². The van der Waals surface area contributed by atoms with Gasteiger partial charge < -0.3 is 13.8 Å². The highest BCUT2D eigenvalue weighted by Gasteiger charge is 2.19. The lowest BCUT2D eigenvalue weighted by molar-refractivity contribution is -0.143. The summed E-state index contributed by atoms with van der Waals surface area (Å²) >= 11 is 0. The van der Waals surface area contributed by atoms with E-state index in [0.29, 0.717) is 26.1 Å². The molecule has 0 aliphatic rings. The monoisotopic (exact) mass is 467 g/mol. The second-order valence-electron chi connectivity index (χ2n) is 8.92. The van der Waals surface area contributed by atoms with Crippen LogP contribution in [0.2, 0.25) is 0 Å². The molecular weight excluding hydrogens is 433 g/mol. The molecule has 0 saturated carbocycles. The van der Waals surface area contributed by atoms with Gasteiger partial charge in [-0.25, -0.2) is 0 Å². The Kier molecular flexibility index (Phi) is 7.99. The molecule has 0 unspecified atom stereocenters. The van der Waals surface area contributed by atoms with Crippen molar-refractivity contribution in [1.82, 2.24) is 4.57 Å². The van der Waals surface area contributed by atoms with Crippen molar-refractivity contribution in [1.29, 1.82) is 0 Å². The lowest BCUT2D eigenvalue weighted by Gasteiger charge is -2.13. The van der Waals surface area contributed by atoms with Gasteiger partial charge in [0, 0.05) is 30.1 Å². The van der Waals surface area contributed by atoms with E-state index in [1.165, 1.54) is 5.56 Å². The number of benzene rings is 2. The highest BCUT2D eigenvalue weighted by molar-refractivity contribution is 7.57. The third kappa shape index (κ3) is 6.46. The van der Waals surface area contributed by atoms with Crippen molar-refractivity contribution in [3.63, 3.8) is 0 Å². The Labute approximate surface area is 196 Å². The topological polar surface area (TPSA) is 57.5 Å². The average molecular weight is 468 g/mol. The Balaban J connectivity index is 1.76. The van der Waals surface area contributed by atoms with Gasteiger partial charge in [0.15, 0.2) is 7.37 Å². The van der Waals surface area contributed by atoms with Crippen LogP contribution in [0.25, 0.3) is 16.6 Å². The normalized spacial score (nSPS) is 11.7. The number of aryl methyl sites for hydroxylation is 2. The summed E-state index contributed by atoms with van der Waals surface area (Å²) in [6.45, 7) is 14.4. The van der Waals surface area contributed by atoms with Crippen molar-refractivity contribution >= 4 is 29.9 Å². The van der Waals surface area contributed by atoms with Crippen LogP contribution in [0.3, 0.4) is 0 Å². The molecule has 33 heavy (non-hydrogen) atoms. The van der Waals surface area contributed by atoms with Crippen LogP contribution in [0.5, 0.6) is 0 Å². The van der Waals surface area contributed by atoms with E-state index in [4.69, 9.17) is 9.26 Å². The molecule has 0 radical (unpaired) electrons. The number of ether oxygens (including phenoxy) is 1. The minimum atomic E-state index is -2.46. The number of nitrogens with zero attached hydrogens (tertiary/aromatic N) is 1. The summed E-state index contributed by atoms with van der Waals surface area (Å²) in [6, 6.07) is 14.6. The van der Waals surface area contributed by atoms with E-state index in [0.717, 1.165) is 39.0 Å². The van der Waals surface area contributed by atoms with Gasteiger partial charge in [0.1, 0.15) is 0 Å². The zero-order chi connectivity index (χ0) is 24.2. The Morgan fingerprint density at radius 2 is 1.61 bits per heavy atom. The number of rotatable bonds is 10. The third-order valence-electron chi connectivity index (χ3n) is 5.67. The van der Waals surface area contributed by atoms with E-state index in [9.17, 15) is 9.36 Å². The van der Waals surface area contributed by atoms with E-state index < -0.39 is 7.37 Å². The molecule has 3 aromatic rings. The molecule has 1 heterocycles. The lowest BCUT2D eigenvalue weighted by Crippen LogP contribution is -2.10. The predicted molar refractivity (Wildman–Crippen MR) is 136 cm³/mol. The first kappa shape index (κ1) is 25.0. The van der Waals surface area contributed by atoms with Crippen molar-refractivity contribution in [2.75, 3.05) is 26.5 Å². The van der Waals surface area contributed by atoms with Crippen LogP contribution in [-0.4, -0.2) is 37.1 Å². The number of hydrogen-bond donors (Lipinski definition) is 0. The van der Waals surface area contributed by atoms with Gasteiger partial charge in [-0.3, -0.25) is 9.36 Å². The van der Waals surface area contributed by atoms with Crippen LogP contribution in [-0.2, 0) is 25.0 Å². The quantitative estimate of drug-likeness (QED) is 0.194. The van der Waals surface area contributed by atoms with E-state index in [1.807, 2.05) is 6.92 Å². The summed E-state index contributed by atoms with van der Waals surface area (Å²) < 4.78 is 24.5. The average Bonchev–Trinajstić information content (AvgIpc) is 3.00. The predicted octanol–water partition coefficient (Wildman–Crippen LogP) is 6.51. The maximum absolute atomic E-state index is 12.6. The number of esters is 1. The van der Waals surface area contributed by atoms with Gasteiger partial charge in [0.2, 0.25) is 0 Å². The van der Waals surface area contributed by atoms with Crippen molar-refractivity contribution in [2.45, 2.75) is 40.0 Å². The fraction of sp³-hybridized carbons (Fsp3) is 0.370. The largest absolute Gasteiger partial charge is 0.465 e. The molecule has 0 aliphatic carbocycles. The second kappa shape index (κ2) is 10.5. The summed E-state index contributed by atoms with van der Waals surface area (Å²) in [5.41, 5.74) is 7.25. The fourth-order valence-electron chi connectivity index (χ4n) is 3.91. The summed E-state index contributed by atoms with van der Waals surface area (Å²) in [4.78, 5) is 12.6. The summed E-state index contributed by atoms with van der Waals surface area (Å²) in [5.74, 6) is -0.253. The summed E-state index contributed by atoms with van der Waals surface area (Å²) in [7, 11) is -2.46. The number of carbonyl (C=O) groups excluding carboxylic acids is 1. The molecule has 0 spiro atoms. The fourth-order valence-corrected chi connectivity index (χ4v) is 4.48. The molecule has 0 bridgehead atoms.